The van der Waals surface area contributed by atoms with Crippen molar-refractivity contribution in [3.63, 3.8) is 0 Å². The second-order valence-corrected chi connectivity index (χ2v) is 7.72. The third-order valence-electron chi connectivity index (χ3n) is 3.27. The van der Waals surface area contributed by atoms with E-state index in [-0.39, 0.29) is 23.0 Å². The average Bonchev–Trinajstić information content (AvgIpc) is 2.38. The van der Waals surface area contributed by atoms with Gasteiger partial charge in [0.25, 0.3) is 0 Å². The van der Waals surface area contributed by atoms with Gasteiger partial charge in [0.15, 0.2) is 0 Å². The molecule has 0 spiro atoms. The molecular formula is C16H23NO3S. The predicted molar refractivity (Wildman–Crippen MR) is 84.3 cm³/mol. The second-order valence-electron chi connectivity index (χ2n) is 6.01. The molecule has 0 aliphatic carbocycles. The minimum Gasteiger partial charge on any atom is -0.395 e. The van der Waals surface area contributed by atoms with Crippen LogP contribution in [0.5, 0.6) is 0 Å². The monoisotopic (exact) mass is 309 g/mol. The highest BCUT2D eigenvalue weighted by Crippen LogP contribution is 2.21. The summed E-state index contributed by atoms with van der Waals surface area (Å²) < 4.78 is 27.2. The van der Waals surface area contributed by atoms with Crippen LogP contribution in [0, 0.1) is 17.3 Å². The summed E-state index contributed by atoms with van der Waals surface area (Å²) >= 11 is 0. The Balaban J connectivity index is 2.89. The van der Waals surface area contributed by atoms with Crippen LogP contribution in [0.4, 0.5) is 0 Å². The van der Waals surface area contributed by atoms with Crippen molar-refractivity contribution < 1.29 is 13.5 Å². The lowest BCUT2D eigenvalue weighted by Crippen LogP contribution is -2.41. The van der Waals surface area contributed by atoms with Crippen LogP contribution in [-0.4, -0.2) is 26.2 Å². The second kappa shape index (κ2) is 7.08. The van der Waals surface area contributed by atoms with E-state index in [2.05, 4.69) is 16.6 Å². The zero-order valence-corrected chi connectivity index (χ0v) is 13.8. The average molecular weight is 309 g/mol. The Hall–Kier alpha value is -1.35. The van der Waals surface area contributed by atoms with E-state index in [9.17, 15) is 8.42 Å². The van der Waals surface area contributed by atoms with Crippen molar-refractivity contribution in [2.24, 2.45) is 5.41 Å². The number of aliphatic hydroxyl groups is 1. The third-order valence-corrected chi connectivity index (χ3v) is 4.82. The summed E-state index contributed by atoms with van der Waals surface area (Å²) in [4.78, 5) is 0.228. The number of hydrogen-bond donors (Lipinski definition) is 2. The number of sulfonamides is 1. The lowest BCUT2D eigenvalue weighted by atomic mass is 9.89. The van der Waals surface area contributed by atoms with Crippen molar-refractivity contribution in [2.75, 3.05) is 6.61 Å². The maximum Gasteiger partial charge on any atom is 0.240 e. The van der Waals surface area contributed by atoms with E-state index in [1.165, 1.54) is 0 Å². The van der Waals surface area contributed by atoms with Gasteiger partial charge < -0.3 is 5.11 Å². The van der Waals surface area contributed by atoms with E-state index < -0.39 is 10.0 Å². The maximum atomic E-state index is 12.3. The fourth-order valence-electron chi connectivity index (χ4n) is 1.42. The SMILES string of the molecule is CC(NS(=O)(=O)c1ccc(C#CCCO)cc1)C(C)(C)C. The zero-order valence-electron chi connectivity index (χ0n) is 13.0. The van der Waals surface area contributed by atoms with Crippen molar-refractivity contribution in [3.8, 4) is 11.8 Å². The minimum absolute atomic E-state index is 0.0219. The molecule has 0 radical (unpaired) electrons. The molecule has 0 fully saturated rings. The van der Waals surface area contributed by atoms with Crippen molar-refractivity contribution in [2.45, 2.75) is 45.1 Å². The van der Waals surface area contributed by atoms with Crippen molar-refractivity contribution in [1.29, 1.82) is 0 Å². The van der Waals surface area contributed by atoms with Gasteiger partial charge in [-0.1, -0.05) is 32.6 Å². The minimum atomic E-state index is -3.52. The molecule has 1 atom stereocenters. The zero-order chi connectivity index (χ0) is 16.1. The van der Waals surface area contributed by atoms with Gasteiger partial charge in [-0.2, -0.15) is 0 Å². The molecule has 0 saturated carbocycles. The topological polar surface area (TPSA) is 66.4 Å². The number of hydrogen-bond acceptors (Lipinski definition) is 3. The van der Waals surface area contributed by atoms with Crippen LogP contribution in [0.3, 0.4) is 0 Å². The van der Waals surface area contributed by atoms with Crippen molar-refractivity contribution in [1.82, 2.24) is 4.72 Å². The highest BCUT2D eigenvalue weighted by atomic mass is 32.2. The van der Waals surface area contributed by atoms with E-state index in [0.29, 0.717) is 6.42 Å². The van der Waals surface area contributed by atoms with Gasteiger partial charge in [-0.05, 0) is 36.6 Å². The molecule has 0 aliphatic heterocycles. The molecule has 4 nitrogen and oxygen atoms in total. The van der Waals surface area contributed by atoms with E-state index in [0.717, 1.165) is 5.56 Å². The van der Waals surface area contributed by atoms with E-state index in [1.807, 2.05) is 27.7 Å². The highest BCUT2D eigenvalue weighted by molar-refractivity contribution is 7.89. The first-order chi connectivity index (χ1) is 9.66. The summed E-state index contributed by atoms with van der Waals surface area (Å²) in [5, 5.41) is 8.65. The van der Waals surface area contributed by atoms with Crippen LogP contribution in [-0.2, 0) is 10.0 Å². The van der Waals surface area contributed by atoms with Crippen LogP contribution in [0.1, 0.15) is 39.7 Å². The number of rotatable bonds is 4. The third kappa shape index (κ3) is 5.50. The molecule has 1 aromatic rings. The molecule has 0 aromatic heterocycles. The molecule has 1 aromatic carbocycles. The van der Waals surface area contributed by atoms with Gasteiger partial charge in [-0.15, -0.1) is 0 Å². The van der Waals surface area contributed by atoms with Gasteiger partial charge in [0.2, 0.25) is 10.0 Å². The summed E-state index contributed by atoms with van der Waals surface area (Å²) in [6.45, 7) is 7.83. The van der Waals surface area contributed by atoms with E-state index in [1.54, 1.807) is 24.3 Å². The first-order valence-electron chi connectivity index (χ1n) is 6.89. The van der Waals surface area contributed by atoms with Gasteiger partial charge >= 0.3 is 0 Å². The largest absolute Gasteiger partial charge is 0.395 e. The van der Waals surface area contributed by atoms with E-state index in [4.69, 9.17) is 5.11 Å². The standard InChI is InChI=1S/C16H23NO3S/c1-13(16(2,3)4)17-21(19,20)15-10-8-14(9-11-15)7-5-6-12-18/h8-11,13,17-18H,6,12H2,1-4H3. The normalized spacial score (nSPS) is 13.4. The first kappa shape index (κ1) is 17.7. The molecule has 0 aliphatic rings. The Morgan fingerprint density at radius 1 is 1.24 bits per heavy atom. The molecule has 0 saturated heterocycles. The van der Waals surface area contributed by atoms with Gasteiger partial charge in [0.05, 0.1) is 11.5 Å². The Labute approximate surface area is 127 Å². The summed E-state index contributed by atoms with van der Waals surface area (Å²) in [6.07, 6.45) is 0.407. The summed E-state index contributed by atoms with van der Waals surface area (Å²) in [6, 6.07) is 6.24. The van der Waals surface area contributed by atoms with Gasteiger partial charge in [-0.25, -0.2) is 13.1 Å². The molecule has 0 amide bonds. The van der Waals surface area contributed by atoms with E-state index >= 15 is 0 Å². The molecule has 5 heteroatoms. The quantitative estimate of drug-likeness (QED) is 0.837. The lowest BCUT2D eigenvalue weighted by molar-refractivity contribution is 0.305. The Kier molecular flexibility index (Phi) is 5.97. The van der Waals surface area contributed by atoms with Crippen LogP contribution in [0.25, 0.3) is 0 Å². The smallest absolute Gasteiger partial charge is 0.240 e. The Bertz CT molecular complexity index is 616. The molecule has 0 heterocycles. The molecule has 1 unspecified atom stereocenters. The van der Waals surface area contributed by atoms with Crippen molar-refractivity contribution >= 4 is 10.0 Å². The van der Waals surface area contributed by atoms with Gasteiger partial charge in [0.1, 0.15) is 0 Å². The van der Waals surface area contributed by atoms with Crippen LogP contribution < -0.4 is 4.72 Å². The van der Waals surface area contributed by atoms with Crippen LogP contribution >= 0.6 is 0 Å². The number of benzene rings is 1. The first-order valence-corrected chi connectivity index (χ1v) is 8.37. The number of nitrogens with one attached hydrogen (secondary N) is 1. The summed E-state index contributed by atoms with van der Waals surface area (Å²) in [5.41, 5.74) is 0.578. The Morgan fingerprint density at radius 3 is 2.29 bits per heavy atom. The molecule has 0 bridgehead atoms. The van der Waals surface area contributed by atoms with Gasteiger partial charge in [0, 0.05) is 18.0 Å². The molecule has 21 heavy (non-hydrogen) atoms. The lowest BCUT2D eigenvalue weighted by Gasteiger charge is -2.27. The summed E-state index contributed by atoms with van der Waals surface area (Å²) in [5.74, 6) is 5.66. The maximum absolute atomic E-state index is 12.3. The highest BCUT2D eigenvalue weighted by Gasteiger charge is 2.25. The summed E-state index contributed by atoms with van der Waals surface area (Å²) in [7, 11) is -3.52. The Morgan fingerprint density at radius 2 is 1.81 bits per heavy atom. The fraction of sp³-hybridized carbons (Fsp3) is 0.500. The van der Waals surface area contributed by atoms with Crippen molar-refractivity contribution in [3.05, 3.63) is 29.8 Å². The van der Waals surface area contributed by atoms with Gasteiger partial charge in [-0.3, -0.25) is 0 Å². The molecule has 116 valence electrons. The van der Waals surface area contributed by atoms with Crippen LogP contribution in [0.2, 0.25) is 0 Å². The molecular weight excluding hydrogens is 286 g/mol. The predicted octanol–water partition coefficient (Wildman–Crippen LogP) is 2.13. The molecule has 2 N–H and O–H groups in total. The molecule has 1 rings (SSSR count). The fourth-order valence-corrected chi connectivity index (χ4v) is 2.86. The number of aliphatic hydroxyl groups excluding tert-OH is 1. The van der Waals surface area contributed by atoms with Crippen LogP contribution in [0.15, 0.2) is 29.2 Å².